The van der Waals surface area contributed by atoms with Gasteiger partial charge in [-0.3, -0.25) is 0 Å². The summed E-state index contributed by atoms with van der Waals surface area (Å²) in [6, 6.07) is 5.63. The highest BCUT2D eigenvalue weighted by Gasteiger charge is 2.13. The van der Waals surface area contributed by atoms with E-state index in [0.717, 1.165) is 12.4 Å². The maximum atomic E-state index is 8.77. The molecule has 1 N–H and O–H groups in total. The molecule has 2 rings (SSSR count). The molecule has 1 aromatic rings. The van der Waals surface area contributed by atoms with E-state index >= 15 is 0 Å². The standard InChI is InChI=1S/C11H13N3S2/c12-6-9-1-2-13-11(5-9)14-7-10-8-15-3-4-16-10/h1-2,5,10H,3-4,7-8H2,(H,13,14). The van der Waals surface area contributed by atoms with Crippen molar-refractivity contribution in [1.29, 1.82) is 5.26 Å². The van der Waals surface area contributed by atoms with Crippen LogP contribution < -0.4 is 5.32 Å². The Morgan fingerprint density at radius 1 is 1.56 bits per heavy atom. The van der Waals surface area contributed by atoms with E-state index in [1.807, 2.05) is 23.5 Å². The lowest BCUT2D eigenvalue weighted by molar-refractivity contribution is 0.993. The van der Waals surface area contributed by atoms with Gasteiger partial charge in [0.2, 0.25) is 0 Å². The van der Waals surface area contributed by atoms with Gasteiger partial charge in [0.1, 0.15) is 5.82 Å². The van der Waals surface area contributed by atoms with Gasteiger partial charge in [-0.15, -0.1) is 0 Å². The molecule has 5 heteroatoms. The predicted molar refractivity (Wildman–Crippen MR) is 71.0 cm³/mol. The molecular weight excluding hydrogens is 238 g/mol. The van der Waals surface area contributed by atoms with E-state index in [2.05, 4.69) is 16.4 Å². The average molecular weight is 251 g/mol. The number of nitrogens with one attached hydrogen (secondary N) is 1. The van der Waals surface area contributed by atoms with Crippen molar-refractivity contribution in [3.8, 4) is 6.07 Å². The van der Waals surface area contributed by atoms with Crippen LogP contribution in [0.15, 0.2) is 18.3 Å². The lowest BCUT2D eigenvalue weighted by Gasteiger charge is -2.21. The molecule has 3 nitrogen and oxygen atoms in total. The summed E-state index contributed by atoms with van der Waals surface area (Å²) in [5.41, 5.74) is 0.656. The number of hydrogen-bond donors (Lipinski definition) is 1. The van der Waals surface area contributed by atoms with E-state index in [9.17, 15) is 0 Å². The van der Waals surface area contributed by atoms with Crippen LogP contribution in [0.2, 0.25) is 0 Å². The SMILES string of the molecule is N#Cc1ccnc(NCC2CSCCS2)c1. The van der Waals surface area contributed by atoms with Crippen molar-refractivity contribution in [1.82, 2.24) is 4.98 Å². The summed E-state index contributed by atoms with van der Waals surface area (Å²) in [7, 11) is 0. The van der Waals surface area contributed by atoms with Gasteiger partial charge in [0, 0.05) is 35.3 Å². The number of aromatic nitrogens is 1. The third kappa shape index (κ3) is 3.32. The molecule has 1 aliphatic rings. The first kappa shape index (κ1) is 11.6. The van der Waals surface area contributed by atoms with Gasteiger partial charge >= 0.3 is 0 Å². The Hall–Kier alpha value is -0.860. The smallest absolute Gasteiger partial charge is 0.127 e. The molecule has 1 saturated heterocycles. The zero-order valence-corrected chi connectivity index (χ0v) is 10.5. The molecule has 0 bridgehead atoms. The second-order valence-corrected chi connectivity index (χ2v) is 6.05. The van der Waals surface area contributed by atoms with Crippen molar-refractivity contribution >= 4 is 29.3 Å². The summed E-state index contributed by atoms with van der Waals surface area (Å²) in [4.78, 5) is 4.19. The van der Waals surface area contributed by atoms with Crippen LogP contribution in [0.5, 0.6) is 0 Å². The van der Waals surface area contributed by atoms with Gasteiger partial charge in [-0.25, -0.2) is 4.98 Å². The van der Waals surface area contributed by atoms with Gasteiger partial charge in [0.05, 0.1) is 11.6 Å². The quantitative estimate of drug-likeness (QED) is 0.892. The molecule has 1 atom stereocenters. The van der Waals surface area contributed by atoms with Crippen LogP contribution in [0.3, 0.4) is 0 Å². The summed E-state index contributed by atoms with van der Waals surface area (Å²) in [6.45, 7) is 0.930. The van der Waals surface area contributed by atoms with Crippen molar-refractivity contribution < 1.29 is 0 Å². The molecule has 16 heavy (non-hydrogen) atoms. The molecule has 1 aliphatic heterocycles. The van der Waals surface area contributed by atoms with E-state index in [4.69, 9.17) is 5.26 Å². The molecule has 1 unspecified atom stereocenters. The molecule has 0 radical (unpaired) electrons. The van der Waals surface area contributed by atoms with E-state index in [1.54, 1.807) is 18.3 Å². The largest absolute Gasteiger partial charge is 0.369 e. The molecule has 0 aromatic carbocycles. The lowest BCUT2D eigenvalue weighted by atomic mass is 10.3. The second kappa shape index (κ2) is 6.02. The van der Waals surface area contributed by atoms with Crippen molar-refractivity contribution in [2.24, 2.45) is 0 Å². The average Bonchev–Trinajstić information content (AvgIpc) is 2.38. The van der Waals surface area contributed by atoms with Crippen LogP contribution in [0.25, 0.3) is 0 Å². The van der Waals surface area contributed by atoms with Gasteiger partial charge in [0.15, 0.2) is 0 Å². The molecular formula is C11H13N3S2. The van der Waals surface area contributed by atoms with Crippen LogP contribution >= 0.6 is 23.5 Å². The minimum absolute atomic E-state index is 0.656. The number of anilines is 1. The van der Waals surface area contributed by atoms with Crippen molar-refractivity contribution in [3.05, 3.63) is 23.9 Å². The van der Waals surface area contributed by atoms with Crippen molar-refractivity contribution in [2.75, 3.05) is 29.1 Å². The van der Waals surface area contributed by atoms with E-state index in [-0.39, 0.29) is 0 Å². The molecule has 2 heterocycles. The number of rotatable bonds is 3. The van der Waals surface area contributed by atoms with E-state index in [0.29, 0.717) is 10.8 Å². The summed E-state index contributed by atoms with van der Waals surface area (Å²) < 4.78 is 0. The van der Waals surface area contributed by atoms with Gasteiger partial charge in [-0.05, 0) is 12.1 Å². The third-order valence-corrected chi connectivity index (χ3v) is 5.13. The highest BCUT2D eigenvalue weighted by atomic mass is 32.2. The second-order valence-electron chi connectivity index (χ2n) is 3.49. The summed E-state index contributed by atoms with van der Waals surface area (Å²) in [5, 5.41) is 12.7. The van der Waals surface area contributed by atoms with E-state index in [1.165, 1.54) is 17.3 Å². The first-order valence-corrected chi connectivity index (χ1v) is 7.38. The zero-order valence-electron chi connectivity index (χ0n) is 8.85. The Morgan fingerprint density at radius 3 is 3.25 bits per heavy atom. The van der Waals surface area contributed by atoms with Gasteiger partial charge < -0.3 is 5.32 Å². The summed E-state index contributed by atoms with van der Waals surface area (Å²) >= 11 is 4.03. The first-order valence-electron chi connectivity index (χ1n) is 5.18. The van der Waals surface area contributed by atoms with Crippen LogP contribution in [-0.2, 0) is 0 Å². The molecule has 0 saturated carbocycles. The number of pyridine rings is 1. The van der Waals surface area contributed by atoms with E-state index < -0.39 is 0 Å². The van der Waals surface area contributed by atoms with Crippen molar-refractivity contribution in [3.63, 3.8) is 0 Å². The van der Waals surface area contributed by atoms with Crippen LogP contribution in [-0.4, -0.2) is 34.0 Å². The Labute approximate surface area is 104 Å². The Kier molecular flexibility index (Phi) is 4.37. The fourth-order valence-corrected chi connectivity index (χ4v) is 4.08. The van der Waals surface area contributed by atoms with Crippen molar-refractivity contribution in [2.45, 2.75) is 5.25 Å². The monoisotopic (exact) mass is 251 g/mol. The summed E-state index contributed by atoms with van der Waals surface area (Å²) in [6.07, 6.45) is 1.67. The van der Waals surface area contributed by atoms with Gasteiger partial charge in [-0.2, -0.15) is 28.8 Å². The Morgan fingerprint density at radius 2 is 2.50 bits per heavy atom. The fraction of sp³-hybridized carbons (Fsp3) is 0.455. The topological polar surface area (TPSA) is 48.7 Å². The molecule has 84 valence electrons. The molecule has 0 amide bonds. The number of hydrogen-bond acceptors (Lipinski definition) is 5. The molecule has 0 spiro atoms. The molecule has 1 fully saturated rings. The van der Waals surface area contributed by atoms with Crippen LogP contribution in [0.4, 0.5) is 5.82 Å². The maximum Gasteiger partial charge on any atom is 0.127 e. The highest BCUT2D eigenvalue weighted by Crippen LogP contribution is 2.24. The molecule has 0 aliphatic carbocycles. The molecule has 1 aromatic heterocycles. The highest BCUT2D eigenvalue weighted by molar-refractivity contribution is 8.06. The minimum atomic E-state index is 0.656. The summed E-state index contributed by atoms with van der Waals surface area (Å²) in [5.74, 6) is 4.51. The Bertz CT molecular complexity index is 383. The van der Waals surface area contributed by atoms with Gasteiger partial charge in [-0.1, -0.05) is 0 Å². The van der Waals surface area contributed by atoms with Crippen LogP contribution in [0, 0.1) is 11.3 Å². The first-order chi connectivity index (χ1) is 7.88. The normalized spacial score (nSPS) is 20.1. The number of nitrogens with zero attached hydrogens (tertiary/aromatic N) is 2. The number of nitriles is 1. The Balaban J connectivity index is 1.86. The predicted octanol–water partition coefficient (Wildman–Crippen LogP) is 2.21. The third-order valence-electron chi connectivity index (χ3n) is 2.28. The zero-order chi connectivity index (χ0) is 11.2. The fourth-order valence-electron chi connectivity index (χ4n) is 1.47. The lowest BCUT2D eigenvalue weighted by Crippen LogP contribution is -2.23. The maximum absolute atomic E-state index is 8.77. The minimum Gasteiger partial charge on any atom is -0.369 e. The number of thioether (sulfide) groups is 2. The van der Waals surface area contributed by atoms with Gasteiger partial charge in [0.25, 0.3) is 0 Å². The van der Waals surface area contributed by atoms with Crippen LogP contribution in [0.1, 0.15) is 5.56 Å².